The first-order valence-electron chi connectivity index (χ1n) is 11.0. The minimum atomic E-state index is -0.584. The van der Waals surface area contributed by atoms with Crippen molar-refractivity contribution in [3.05, 3.63) is 84.2 Å². The first kappa shape index (κ1) is 23.9. The van der Waals surface area contributed by atoms with Gasteiger partial charge >= 0.3 is 0 Å². The van der Waals surface area contributed by atoms with E-state index in [-0.39, 0.29) is 6.61 Å². The zero-order valence-corrected chi connectivity index (χ0v) is 19.0. The first-order valence-corrected chi connectivity index (χ1v) is 11.0. The molecule has 0 amide bonds. The van der Waals surface area contributed by atoms with Gasteiger partial charge in [0.2, 0.25) is 0 Å². The van der Waals surface area contributed by atoms with Crippen LogP contribution < -0.4 is 9.47 Å². The lowest BCUT2D eigenvalue weighted by atomic mass is 10.2. The van der Waals surface area contributed by atoms with Crippen LogP contribution in [-0.4, -0.2) is 61.2 Å². The number of methoxy groups -OCH3 is 2. The molecule has 3 rings (SSSR count). The fourth-order valence-corrected chi connectivity index (χ4v) is 3.67. The summed E-state index contributed by atoms with van der Waals surface area (Å²) in [5.74, 6) is 1.63. The summed E-state index contributed by atoms with van der Waals surface area (Å²) in [7, 11) is 3.40. The molecule has 1 aromatic heterocycles. The third-order valence-corrected chi connectivity index (χ3v) is 5.27. The summed E-state index contributed by atoms with van der Waals surface area (Å²) in [6.45, 7) is 3.82. The fraction of sp³-hybridized carbons (Fsp3) is 0.385. The molecular formula is C26H34N2O4. The summed E-state index contributed by atoms with van der Waals surface area (Å²) in [6.07, 6.45) is 2.41. The van der Waals surface area contributed by atoms with E-state index in [1.54, 1.807) is 14.2 Å². The molecule has 3 aromatic rings. The van der Waals surface area contributed by atoms with Gasteiger partial charge in [0.1, 0.15) is 24.2 Å². The average molecular weight is 439 g/mol. The SMILES string of the molecule is COCCCN(Cc1cccn1Cc1cccc(OC)c1)C[C@H](O)COc1ccccc1. The summed E-state index contributed by atoms with van der Waals surface area (Å²) in [5.41, 5.74) is 2.38. The van der Waals surface area contributed by atoms with Crippen LogP contribution in [0.25, 0.3) is 0 Å². The monoisotopic (exact) mass is 438 g/mol. The van der Waals surface area contributed by atoms with E-state index in [9.17, 15) is 5.11 Å². The molecule has 0 aliphatic carbocycles. The molecule has 0 aliphatic rings. The zero-order chi connectivity index (χ0) is 22.6. The Labute approximate surface area is 191 Å². The maximum absolute atomic E-state index is 10.6. The van der Waals surface area contributed by atoms with Gasteiger partial charge in [-0.05, 0) is 48.4 Å². The standard InChI is InChI=1S/C26H34N2O4/c1-30-16-8-14-27(20-24(29)21-32-25-11-4-3-5-12-25)19-23-10-7-15-28(23)18-22-9-6-13-26(17-22)31-2/h3-7,9-13,15,17,24,29H,8,14,16,18-21H2,1-2H3/t24-/m0/s1. The van der Waals surface area contributed by atoms with Crippen LogP contribution in [0, 0.1) is 0 Å². The molecule has 6 nitrogen and oxygen atoms in total. The summed E-state index contributed by atoms with van der Waals surface area (Å²) in [4.78, 5) is 2.26. The van der Waals surface area contributed by atoms with E-state index < -0.39 is 6.10 Å². The van der Waals surface area contributed by atoms with Gasteiger partial charge in [-0.15, -0.1) is 0 Å². The quantitative estimate of drug-likeness (QED) is 0.388. The highest BCUT2D eigenvalue weighted by molar-refractivity contribution is 5.29. The highest BCUT2D eigenvalue weighted by Gasteiger charge is 2.15. The fourth-order valence-electron chi connectivity index (χ4n) is 3.67. The number of aliphatic hydroxyl groups is 1. The van der Waals surface area contributed by atoms with Gasteiger partial charge in [0, 0.05) is 51.8 Å². The predicted octanol–water partition coefficient (Wildman–Crippen LogP) is 3.82. The number of rotatable bonds is 14. The summed E-state index contributed by atoms with van der Waals surface area (Å²) >= 11 is 0. The van der Waals surface area contributed by atoms with Crippen molar-refractivity contribution in [3.63, 3.8) is 0 Å². The average Bonchev–Trinajstić information content (AvgIpc) is 3.25. The Balaban J connectivity index is 1.61. The van der Waals surface area contributed by atoms with Gasteiger partial charge in [0.05, 0.1) is 7.11 Å². The second-order valence-electron chi connectivity index (χ2n) is 7.84. The lowest BCUT2D eigenvalue weighted by Gasteiger charge is -2.26. The lowest BCUT2D eigenvalue weighted by molar-refractivity contribution is 0.0610. The molecule has 0 fully saturated rings. The van der Waals surface area contributed by atoms with Crippen LogP contribution in [0.1, 0.15) is 17.7 Å². The van der Waals surface area contributed by atoms with Crippen molar-refractivity contribution in [3.8, 4) is 11.5 Å². The van der Waals surface area contributed by atoms with E-state index in [0.717, 1.165) is 37.6 Å². The van der Waals surface area contributed by atoms with Crippen LogP contribution in [0.5, 0.6) is 11.5 Å². The molecule has 0 saturated heterocycles. The molecule has 1 N–H and O–H groups in total. The summed E-state index contributed by atoms with van der Waals surface area (Å²) in [6, 6.07) is 21.9. The van der Waals surface area contributed by atoms with E-state index >= 15 is 0 Å². The van der Waals surface area contributed by atoms with Gasteiger partial charge in [-0.3, -0.25) is 4.90 Å². The number of benzene rings is 2. The third kappa shape index (κ3) is 7.71. The van der Waals surface area contributed by atoms with Crippen LogP contribution >= 0.6 is 0 Å². The van der Waals surface area contributed by atoms with Gasteiger partial charge in [-0.2, -0.15) is 0 Å². The van der Waals surface area contributed by atoms with E-state index in [1.807, 2.05) is 42.5 Å². The normalized spacial score (nSPS) is 12.1. The Morgan fingerprint density at radius 3 is 2.56 bits per heavy atom. The molecule has 0 radical (unpaired) electrons. The highest BCUT2D eigenvalue weighted by atomic mass is 16.5. The predicted molar refractivity (Wildman–Crippen MR) is 126 cm³/mol. The maximum Gasteiger partial charge on any atom is 0.119 e. The number of aliphatic hydroxyl groups excluding tert-OH is 1. The Morgan fingerprint density at radius 2 is 1.78 bits per heavy atom. The number of ether oxygens (including phenoxy) is 3. The molecule has 0 saturated carbocycles. The van der Waals surface area contributed by atoms with Crippen LogP contribution in [0.3, 0.4) is 0 Å². The van der Waals surface area contributed by atoms with Crippen LogP contribution in [0.2, 0.25) is 0 Å². The second-order valence-corrected chi connectivity index (χ2v) is 7.84. The van der Waals surface area contributed by atoms with Crippen molar-refractivity contribution in [1.82, 2.24) is 9.47 Å². The molecule has 1 atom stereocenters. The van der Waals surface area contributed by atoms with E-state index in [2.05, 4.69) is 39.9 Å². The van der Waals surface area contributed by atoms with Crippen LogP contribution in [-0.2, 0) is 17.8 Å². The molecule has 0 spiro atoms. The molecular weight excluding hydrogens is 404 g/mol. The van der Waals surface area contributed by atoms with Crippen molar-refractivity contribution < 1.29 is 19.3 Å². The van der Waals surface area contributed by atoms with Gasteiger partial charge in [-0.1, -0.05) is 30.3 Å². The summed E-state index contributed by atoms with van der Waals surface area (Å²) < 4.78 is 18.6. The van der Waals surface area contributed by atoms with E-state index in [1.165, 1.54) is 11.3 Å². The van der Waals surface area contributed by atoms with Gasteiger partial charge in [0.15, 0.2) is 0 Å². The van der Waals surface area contributed by atoms with Gasteiger partial charge < -0.3 is 23.9 Å². The molecule has 172 valence electrons. The largest absolute Gasteiger partial charge is 0.497 e. The molecule has 32 heavy (non-hydrogen) atoms. The van der Waals surface area contributed by atoms with Crippen molar-refractivity contribution in [2.75, 3.05) is 40.5 Å². The Bertz CT molecular complexity index is 913. The summed E-state index contributed by atoms with van der Waals surface area (Å²) in [5, 5.41) is 10.6. The van der Waals surface area contributed by atoms with Crippen LogP contribution in [0.15, 0.2) is 72.9 Å². The number of hydrogen-bond acceptors (Lipinski definition) is 5. The maximum atomic E-state index is 10.6. The number of hydrogen-bond donors (Lipinski definition) is 1. The lowest BCUT2D eigenvalue weighted by Crippen LogP contribution is -2.36. The minimum Gasteiger partial charge on any atom is -0.497 e. The molecule has 0 bridgehead atoms. The van der Waals surface area contributed by atoms with E-state index in [0.29, 0.717) is 13.2 Å². The molecule has 1 heterocycles. The molecule has 2 aromatic carbocycles. The van der Waals surface area contributed by atoms with Crippen molar-refractivity contribution in [2.24, 2.45) is 0 Å². The zero-order valence-electron chi connectivity index (χ0n) is 19.0. The molecule has 6 heteroatoms. The Kier molecular flexibility index (Phi) is 9.62. The number of aromatic nitrogens is 1. The number of nitrogens with zero attached hydrogens (tertiary/aromatic N) is 2. The van der Waals surface area contributed by atoms with Crippen molar-refractivity contribution >= 4 is 0 Å². The van der Waals surface area contributed by atoms with E-state index in [4.69, 9.17) is 14.2 Å². The van der Waals surface area contributed by atoms with Crippen molar-refractivity contribution in [1.29, 1.82) is 0 Å². The minimum absolute atomic E-state index is 0.260. The molecule has 0 aliphatic heterocycles. The van der Waals surface area contributed by atoms with Gasteiger partial charge in [-0.25, -0.2) is 0 Å². The second kappa shape index (κ2) is 12.9. The Hall–Kier alpha value is -2.80. The molecule has 0 unspecified atom stereocenters. The first-order chi connectivity index (χ1) is 15.7. The topological polar surface area (TPSA) is 56.1 Å². The van der Waals surface area contributed by atoms with Crippen LogP contribution in [0.4, 0.5) is 0 Å². The smallest absolute Gasteiger partial charge is 0.119 e. The van der Waals surface area contributed by atoms with Gasteiger partial charge in [0.25, 0.3) is 0 Å². The van der Waals surface area contributed by atoms with Crippen molar-refractivity contribution in [2.45, 2.75) is 25.6 Å². The highest BCUT2D eigenvalue weighted by Crippen LogP contribution is 2.16. The third-order valence-electron chi connectivity index (χ3n) is 5.27. The number of para-hydroxylation sites is 1. The Morgan fingerprint density at radius 1 is 0.969 bits per heavy atom.